The fourth-order valence-corrected chi connectivity index (χ4v) is 0.676. The molecule has 0 aliphatic heterocycles. The number of H-pyrrole nitrogens is 1. The molecule has 0 bridgehead atoms. The summed E-state index contributed by atoms with van der Waals surface area (Å²) < 4.78 is 0. The minimum Gasteiger partial charge on any atom is -0.346 e. The molecule has 0 saturated carbocycles. The van der Waals surface area contributed by atoms with Crippen LogP contribution in [0, 0.1) is 29.8 Å². The van der Waals surface area contributed by atoms with Crippen LogP contribution in [0.3, 0.4) is 0 Å². The van der Waals surface area contributed by atoms with Gasteiger partial charge in [-0.2, -0.15) is 10.5 Å². The van der Waals surface area contributed by atoms with E-state index in [4.69, 9.17) is 10.5 Å². The van der Waals surface area contributed by atoms with Crippen molar-refractivity contribution in [2.75, 3.05) is 0 Å². The normalized spacial score (nSPS) is 7.38. The number of nitriles is 2. The Morgan fingerprint density at radius 1 is 1.54 bits per heavy atom. The van der Waals surface area contributed by atoms with Crippen molar-refractivity contribution in [2.24, 2.45) is 0 Å². The number of aromatic nitrogens is 2. The Bertz CT molecular complexity index is 302. The summed E-state index contributed by atoms with van der Waals surface area (Å²) in [7, 11) is 0. The Balaban J connectivity index is 0.000000252. The van der Waals surface area contributed by atoms with Gasteiger partial charge in [0.15, 0.2) is 12.4 Å². The average Bonchev–Trinajstić information content (AvgIpc) is 2.54. The average molecular weight is 177 g/mol. The third-order valence-electron chi connectivity index (χ3n) is 1.25. The highest BCUT2D eigenvalue weighted by Gasteiger charge is 1.89. The van der Waals surface area contributed by atoms with Crippen molar-refractivity contribution in [1.82, 2.24) is 15.3 Å². The maximum atomic E-state index is 7.48. The molecular weight excluding hydrogens is 166 g/mol. The molecule has 0 unspecified atom stereocenters. The van der Waals surface area contributed by atoms with Crippen molar-refractivity contribution in [2.45, 2.75) is 20.3 Å². The zero-order valence-corrected chi connectivity index (χ0v) is 7.63. The first kappa shape index (κ1) is 11.0. The van der Waals surface area contributed by atoms with Crippen molar-refractivity contribution in [3.05, 3.63) is 17.7 Å². The van der Waals surface area contributed by atoms with E-state index in [-0.39, 0.29) is 0 Å². The molecule has 0 spiro atoms. The lowest BCUT2D eigenvalue weighted by Crippen LogP contribution is -1.88. The van der Waals surface area contributed by atoms with Crippen molar-refractivity contribution in [3.8, 4) is 12.4 Å². The number of aryl methyl sites for hydroxylation is 2. The summed E-state index contributed by atoms with van der Waals surface area (Å²) in [5.74, 6) is 1.00. The van der Waals surface area contributed by atoms with Gasteiger partial charge in [-0.1, -0.05) is 6.92 Å². The summed E-state index contributed by atoms with van der Waals surface area (Å²) >= 11 is 0. The van der Waals surface area contributed by atoms with Crippen LogP contribution < -0.4 is 5.32 Å². The predicted octanol–water partition coefficient (Wildman–Crippen LogP) is 0.819. The summed E-state index contributed by atoms with van der Waals surface area (Å²) in [6.45, 7) is 4.06. The van der Waals surface area contributed by atoms with Crippen LogP contribution >= 0.6 is 0 Å². The number of hydrogen-bond acceptors (Lipinski definition) is 4. The van der Waals surface area contributed by atoms with Gasteiger partial charge >= 0.3 is 0 Å². The largest absolute Gasteiger partial charge is 0.346 e. The van der Waals surface area contributed by atoms with Gasteiger partial charge in [0.2, 0.25) is 0 Å². The van der Waals surface area contributed by atoms with E-state index in [2.05, 4.69) is 16.9 Å². The van der Waals surface area contributed by atoms with E-state index in [9.17, 15) is 0 Å². The molecule has 1 aromatic heterocycles. The van der Waals surface area contributed by atoms with Crippen LogP contribution in [0.5, 0.6) is 0 Å². The second-order valence-corrected chi connectivity index (χ2v) is 2.20. The van der Waals surface area contributed by atoms with Gasteiger partial charge in [-0.05, 0) is 13.3 Å². The van der Waals surface area contributed by atoms with Crippen LogP contribution in [0.25, 0.3) is 0 Å². The van der Waals surface area contributed by atoms with Crippen LogP contribution in [0.2, 0.25) is 0 Å². The Labute approximate surface area is 77.0 Å². The van der Waals surface area contributed by atoms with Crippen molar-refractivity contribution < 1.29 is 0 Å². The Morgan fingerprint density at radius 3 is 2.31 bits per heavy atom. The Morgan fingerprint density at radius 2 is 2.15 bits per heavy atom. The van der Waals surface area contributed by atoms with Gasteiger partial charge in [0.1, 0.15) is 5.82 Å². The zero-order chi connectivity index (χ0) is 10.1. The highest BCUT2D eigenvalue weighted by molar-refractivity contribution is 4.98. The zero-order valence-electron chi connectivity index (χ0n) is 7.63. The minimum atomic E-state index is 1.00. The fourth-order valence-electron chi connectivity index (χ4n) is 0.676. The second-order valence-electron chi connectivity index (χ2n) is 2.20. The molecule has 1 heterocycles. The van der Waals surface area contributed by atoms with Crippen molar-refractivity contribution >= 4 is 0 Å². The quantitative estimate of drug-likeness (QED) is 0.491. The van der Waals surface area contributed by atoms with E-state index in [1.807, 2.05) is 13.1 Å². The lowest BCUT2D eigenvalue weighted by molar-refractivity contribution is 1.04. The van der Waals surface area contributed by atoms with Crippen LogP contribution in [-0.2, 0) is 6.42 Å². The Hall–Kier alpha value is -2.01. The molecule has 1 aromatic rings. The molecule has 0 aliphatic carbocycles. The van der Waals surface area contributed by atoms with Gasteiger partial charge in [-0.25, -0.2) is 10.3 Å². The third kappa shape index (κ3) is 5.28. The predicted molar refractivity (Wildman–Crippen MR) is 47.1 cm³/mol. The van der Waals surface area contributed by atoms with Crippen LogP contribution in [-0.4, -0.2) is 9.97 Å². The molecule has 0 atom stereocenters. The molecule has 5 nitrogen and oxygen atoms in total. The van der Waals surface area contributed by atoms with E-state index in [0.29, 0.717) is 0 Å². The van der Waals surface area contributed by atoms with Crippen molar-refractivity contribution in [1.29, 1.82) is 10.5 Å². The van der Waals surface area contributed by atoms with E-state index in [0.717, 1.165) is 12.2 Å². The first-order valence-corrected chi connectivity index (χ1v) is 3.78. The third-order valence-corrected chi connectivity index (χ3v) is 1.25. The standard InChI is InChI=1S/C6H10N2.C2HN3/c1-3-6-4-7-5(2)8-6;3-1-5-2-4/h4H,3H2,1-2H3,(H,7,8);5H. The van der Waals surface area contributed by atoms with Gasteiger partial charge in [-0.3, -0.25) is 0 Å². The second kappa shape index (κ2) is 6.68. The van der Waals surface area contributed by atoms with E-state index < -0.39 is 0 Å². The monoisotopic (exact) mass is 177 g/mol. The highest BCUT2D eigenvalue weighted by Crippen LogP contribution is 1.94. The summed E-state index contributed by atoms with van der Waals surface area (Å²) in [6, 6.07) is 0. The summed E-state index contributed by atoms with van der Waals surface area (Å²) in [5.41, 5.74) is 1.21. The maximum absolute atomic E-state index is 7.48. The van der Waals surface area contributed by atoms with Gasteiger partial charge in [0.05, 0.1) is 0 Å². The van der Waals surface area contributed by atoms with Crippen LogP contribution in [0.1, 0.15) is 18.4 Å². The molecule has 0 radical (unpaired) electrons. The molecule has 13 heavy (non-hydrogen) atoms. The molecule has 0 aliphatic rings. The molecule has 0 fully saturated rings. The number of nitrogens with zero attached hydrogens (tertiary/aromatic N) is 3. The highest BCUT2D eigenvalue weighted by atomic mass is 14.9. The lowest BCUT2D eigenvalue weighted by atomic mass is 10.4. The van der Waals surface area contributed by atoms with Crippen molar-refractivity contribution in [3.63, 3.8) is 0 Å². The lowest BCUT2D eigenvalue weighted by Gasteiger charge is -1.82. The van der Waals surface area contributed by atoms with E-state index in [1.165, 1.54) is 18.1 Å². The van der Waals surface area contributed by atoms with Gasteiger partial charge < -0.3 is 4.98 Å². The molecule has 5 heteroatoms. The first-order valence-electron chi connectivity index (χ1n) is 3.78. The smallest absolute Gasteiger partial charge is 0.190 e. The molecule has 0 aromatic carbocycles. The fraction of sp³-hybridized carbons (Fsp3) is 0.375. The number of hydrogen-bond donors (Lipinski definition) is 2. The molecular formula is C8H11N5. The van der Waals surface area contributed by atoms with Gasteiger partial charge in [0.25, 0.3) is 0 Å². The summed E-state index contributed by atoms with van der Waals surface area (Å²) in [6.07, 6.45) is 5.73. The summed E-state index contributed by atoms with van der Waals surface area (Å²) in [4.78, 5) is 7.15. The molecule has 0 saturated heterocycles. The van der Waals surface area contributed by atoms with Gasteiger partial charge in [-0.15, -0.1) is 0 Å². The SMILES string of the molecule is CCc1cnc(C)[nH]1.N#CNC#N. The number of aromatic amines is 1. The number of nitrogens with one attached hydrogen (secondary N) is 2. The number of rotatable bonds is 1. The maximum Gasteiger partial charge on any atom is 0.190 e. The van der Waals surface area contributed by atoms with E-state index >= 15 is 0 Å². The Kier molecular flexibility index (Phi) is 5.65. The van der Waals surface area contributed by atoms with E-state index in [1.54, 1.807) is 5.32 Å². The first-order chi connectivity index (χ1) is 6.24. The summed E-state index contributed by atoms with van der Waals surface area (Å²) in [5, 5.41) is 16.7. The molecule has 1 rings (SSSR count). The molecule has 68 valence electrons. The van der Waals surface area contributed by atoms with Crippen LogP contribution in [0.4, 0.5) is 0 Å². The van der Waals surface area contributed by atoms with Gasteiger partial charge in [0, 0.05) is 11.9 Å². The molecule has 2 N–H and O–H groups in total. The topological polar surface area (TPSA) is 88.3 Å². The number of imidazole rings is 1. The van der Waals surface area contributed by atoms with Crippen LogP contribution in [0.15, 0.2) is 6.20 Å². The minimum absolute atomic E-state index is 1.00. The molecule has 0 amide bonds.